The first kappa shape index (κ1) is 9.59. The maximum Gasteiger partial charge on any atom is 0.339 e. The van der Waals surface area contributed by atoms with Crippen LogP contribution in [-0.4, -0.2) is 21.3 Å². The van der Waals surface area contributed by atoms with Gasteiger partial charge in [-0.1, -0.05) is 0 Å². The number of aromatic nitrogens is 2. The molecule has 0 aliphatic heterocycles. The largest absolute Gasteiger partial charge is 0.478 e. The summed E-state index contributed by atoms with van der Waals surface area (Å²) >= 11 is 1.68. The molecule has 4 nitrogen and oxygen atoms in total. The minimum atomic E-state index is -0.933. The molecule has 0 fully saturated rings. The predicted octanol–water partition coefficient (Wildman–Crippen LogP) is 2.33. The zero-order valence-corrected chi connectivity index (χ0v) is 9.30. The van der Waals surface area contributed by atoms with Crippen molar-refractivity contribution < 1.29 is 9.90 Å². The normalized spacial score (nSPS) is 14.0. The molecule has 0 spiro atoms. The standard InChI is InChI=1S/C11H10N2O2S/c14-11(15)7-5-12-13-10(7)9-4-6-2-1-3-8(6)16-9/h4-5H,1-3H2,(H,12,13)(H,14,15). The van der Waals surface area contributed by atoms with Gasteiger partial charge in [0.05, 0.1) is 16.8 Å². The lowest BCUT2D eigenvalue weighted by Crippen LogP contribution is -1.95. The fourth-order valence-electron chi connectivity index (χ4n) is 2.09. The number of aryl methyl sites for hydroxylation is 2. The van der Waals surface area contributed by atoms with Crippen LogP contribution in [0.1, 0.15) is 27.2 Å². The van der Waals surface area contributed by atoms with Crippen LogP contribution in [0, 0.1) is 0 Å². The van der Waals surface area contributed by atoms with E-state index in [-0.39, 0.29) is 5.56 Å². The van der Waals surface area contributed by atoms with Crippen molar-refractivity contribution in [1.29, 1.82) is 0 Å². The smallest absolute Gasteiger partial charge is 0.339 e. The van der Waals surface area contributed by atoms with E-state index in [0.29, 0.717) is 5.69 Å². The van der Waals surface area contributed by atoms with Gasteiger partial charge in [0, 0.05) is 4.88 Å². The van der Waals surface area contributed by atoms with Crippen molar-refractivity contribution in [3.05, 3.63) is 28.3 Å². The first-order chi connectivity index (χ1) is 7.75. The number of hydrogen-bond donors (Lipinski definition) is 2. The zero-order valence-electron chi connectivity index (χ0n) is 8.49. The number of hydrogen-bond acceptors (Lipinski definition) is 3. The summed E-state index contributed by atoms with van der Waals surface area (Å²) in [7, 11) is 0. The SMILES string of the molecule is O=C(O)c1cn[nH]c1-c1cc2c(s1)CCC2. The van der Waals surface area contributed by atoms with Crippen LogP contribution in [0.4, 0.5) is 0 Å². The highest BCUT2D eigenvalue weighted by atomic mass is 32.1. The number of aromatic amines is 1. The lowest BCUT2D eigenvalue weighted by Gasteiger charge is -1.95. The molecule has 5 heteroatoms. The highest BCUT2D eigenvalue weighted by molar-refractivity contribution is 7.15. The van der Waals surface area contributed by atoms with Gasteiger partial charge in [-0.15, -0.1) is 11.3 Å². The second-order valence-electron chi connectivity index (χ2n) is 3.88. The number of carboxylic acids is 1. The Hall–Kier alpha value is -1.62. The number of rotatable bonds is 2. The summed E-state index contributed by atoms with van der Waals surface area (Å²) in [4.78, 5) is 13.4. The quantitative estimate of drug-likeness (QED) is 0.838. The third-order valence-electron chi connectivity index (χ3n) is 2.86. The molecule has 82 valence electrons. The first-order valence-electron chi connectivity index (χ1n) is 5.14. The molecule has 0 bridgehead atoms. The molecular weight excluding hydrogens is 224 g/mol. The van der Waals surface area contributed by atoms with Crippen molar-refractivity contribution in [1.82, 2.24) is 10.2 Å². The van der Waals surface area contributed by atoms with E-state index in [2.05, 4.69) is 16.3 Å². The van der Waals surface area contributed by atoms with Crippen LogP contribution < -0.4 is 0 Å². The number of aromatic carboxylic acids is 1. The van der Waals surface area contributed by atoms with Gasteiger partial charge in [0.25, 0.3) is 0 Å². The first-order valence-corrected chi connectivity index (χ1v) is 5.96. The second kappa shape index (κ2) is 3.45. The van der Waals surface area contributed by atoms with Gasteiger partial charge in [-0.3, -0.25) is 5.10 Å². The van der Waals surface area contributed by atoms with E-state index in [4.69, 9.17) is 5.11 Å². The second-order valence-corrected chi connectivity index (χ2v) is 5.01. The van der Waals surface area contributed by atoms with Crippen molar-refractivity contribution >= 4 is 17.3 Å². The van der Waals surface area contributed by atoms with Crippen molar-refractivity contribution in [2.45, 2.75) is 19.3 Å². The third-order valence-corrected chi connectivity index (χ3v) is 4.12. The number of nitrogens with one attached hydrogen (secondary N) is 1. The van der Waals surface area contributed by atoms with Crippen LogP contribution in [-0.2, 0) is 12.8 Å². The van der Waals surface area contributed by atoms with Crippen LogP contribution in [0.2, 0.25) is 0 Å². The Morgan fingerprint density at radius 1 is 1.50 bits per heavy atom. The summed E-state index contributed by atoms with van der Waals surface area (Å²) in [5, 5.41) is 15.6. The molecule has 16 heavy (non-hydrogen) atoms. The molecule has 2 aromatic rings. The van der Waals surface area contributed by atoms with E-state index in [1.54, 1.807) is 11.3 Å². The number of thiophene rings is 1. The van der Waals surface area contributed by atoms with E-state index in [9.17, 15) is 4.79 Å². The number of nitrogens with zero attached hydrogens (tertiary/aromatic N) is 1. The number of fused-ring (bicyclic) bond motifs is 1. The van der Waals surface area contributed by atoms with Gasteiger partial charge in [-0.25, -0.2) is 4.79 Å². The van der Waals surface area contributed by atoms with Crippen molar-refractivity contribution in [3.8, 4) is 10.6 Å². The highest BCUT2D eigenvalue weighted by Crippen LogP contribution is 2.36. The number of carboxylic acid groups (broad SMARTS) is 1. The molecular formula is C11H10N2O2S. The molecule has 0 amide bonds. The Kier molecular flexibility index (Phi) is 2.07. The predicted molar refractivity (Wildman–Crippen MR) is 60.9 cm³/mol. The Labute approximate surface area is 95.9 Å². The van der Waals surface area contributed by atoms with Gasteiger partial charge in [-0.05, 0) is 30.9 Å². The Morgan fingerprint density at radius 3 is 3.12 bits per heavy atom. The third kappa shape index (κ3) is 1.36. The molecule has 2 heterocycles. The monoisotopic (exact) mass is 234 g/mol. The minimum absolute atomic E-state index is 0.250. The van der Waals surface area contributed by atoms with Gasteiger partial charge in [0.1, 0.15) is 5.56 Å². The van der Waals surface area contributed by atoms with Gasteiger partial charge in [0.2, 0.25) is 0 Å². The maximum absolute atomic E-state index is 11.0. The van der Waals surface area contributed by atoms with Crippen molar-refractivity contribution in [2.24, 2.45) is 0 Å². The van der Waals surface area contributed by atoms with E-state index in [1.807, 2.05) is 0 Å². The van der Waals surface area contributed by atoms with Crippen LogP contribution in [0.5, 0.6) is 0 Å². The van der Waals surface area contributed by atoms with Crippen LogP contribution >= 0.6 is 11.3 Å². The summed E-state index contributed by atoms with van der Waals surface area (Å²) in [6.45, 7) is 0. The number of carbonyl (C=O) groups is 1. The average molecular weight is 234 g/mol. The number of H-pyrrole nitrogens is 1. The van der Waals surface area contributed by atoms with Crippen LogP contribution in [0.15, 0.2) is 12.3 Å². The minimum Gasteiger partial charge on any atom is -0.478 e. The lowest BCUT2D eigenvalue weighted by atomic mass is 10.2. The molecule has 0 unspecified atom stereocenters. The van der Waals surface area contributed by atoms with Gasteiger partial charge >= 0.3 is 5.97 Å². The molecule has 0 radical (unpaired) electrons. The maximum atomic E-state index is 11.0. The Morgan fingerprint density at radius 2 is 2.38 bits per heavy atom. The molecule has 0 aromatic carbocycles. The average Bonchev–Trinajstić information content (AvgIpc) is 2.91. The fourth-order valence-corrected chi connectivity index (χ4v) is 3.35. The summed E-state index contributed by atoms with van der Waals surface area (Å²) in [5.41, 5.74) is 2.25. The molecule has 2 N–H and O–H groups in total. The van der Waals surface area contributed by atoms with Crippen molar-refractivity contribution in [3.63, 3.8) is 0 Å². The summed E-state index contributed by atoms with van der Waals surface area (Å²) in [5.74, 6) is -0.933. The van der Waals surface area contributed by atoms with Crippen molar-refractivity contribution in [2.75, 3.05) is 0 Å². The summed E-state index contributed by atoms with van der Waals surface area (Å²) < 4.78 is 0. The van der Waals surface area contributed by atoms with E-state index >= 15 is 0 Å². The van der Waals surface area contributed by atoms with E-state index in [1.165, 1.54) is 23.1 Å². The Bertz CT molecular complexity index is 535. The molecule has 0 saturated carbocycles. The van der Waals surface area contributed by atoms with Crippen LogP contribution in [0.3, 0.4) is 0 Å². The fraction of sp³-hybridized carbons (Fsp3) is 0.273. The molecule has 1 aliphatic rings. The van der Waals surface area contributed by atoms with E-state index < -0.39 is 5.97 Å². The zero-order chi connectivity index (χ0) is 11.1. The van der Waals surface area contributed by atoms with Gasteiger partial charge in [0.15, 0.2) is 0 Å². The van der Waals surface area contributed by atoms with Gasteiger partial charge in [-0.2, -0.15) is 5.10 Å². The summed E-state index contributed by atoms with van der Waals surface area (Å²) in [6, 6.07) is 2.09. The molecule has 1 aliphatic carbocycles. The molecule has 2 aromatic heterocycles. The van der Waals surface area contributed by atoms with E-state index in [0.717, 1.165) is 17.7 Å². The van der Waals surface area contributed by atoms with Gasteiger partial charge < -0.3 is 5.11 Å². The van der Waals surface area contributed by atoms with Crippen LogP contribution in [0.25, 0.3) is 10.6 Å². The molecule has 3 rings (SSSR count). The Balaban J connectivity index is 2.08. The topological polar surface area (TPSA) is 66.0 Å². The molecule has 0 saturated heterocycles. The molecule has 0 atom stereocenters. The lowest BCUT2D eigenvalue weighted by molar-refractivity contribution is 0.0698. The summed E-state index contributed by atoms with van der Waals surface area (Å²) in [6.07, 6.45) is 4.82. The highest BCUT2D eigenvalue weighted by Gasteiger charge is 2.20.